The molecule has 232 valence electrons. The molecule has 3 amide bonds. The van der Waals surface area contributed by atoms with Gasteiger partial charge in [-0.15, -0.1) is 0 Å². The summed E-state index contributed by atoms with van der Waals surface area (Å²) in [7, 11) is 0. The van der Waals surface area contributed by atoms with E-state index in [1.165, 1.54) is 0 Å². The lowest BCUT2D eigenvalue weighted by molar-refractivity contribution is -0.123. The molecule has 2 aromatic heterocycles. The van der Waals surface area contributed by atoms with Gasteiger partial charge in [-0.3, -0.25) is 10.1 Å². The number of anilines is 3. The quantitative estimate of drug-likeness (QED) is 0.173. The van der Waals surface area contributed by atoms with Crippen LogP contribution in [0.1, 0.15) is 58.4 Å². The molecular formula is C36H40N6O3. The highest BCUT2D eigenvalue weighted by atomic mass is 16.5. The third kappa shape index (κ3) is 7.49. The van der Waals surface area contributed by atoms with Gasteiger partial charge in [0.05, 0.1) is 17.1 Å². The summed E-state index contributed by atoms with van der Waals surface area (Å²) in [5.41, 5.74) is 3.64. The van der Waals surface area contributed by atoms with Crippen LogP contribution in [0.3, 0.4) is 0 Å². The second-order valence-corrected chi connectivity index (χ2v) is 13.2. The number of rotatable bonds is 7. The maximum Gasteiger partial charge on any atom is 0.324 e. The number of nitrogens with one attached hydrogen (secondary N) is 3. The van der Waals surface area contributed by atoms with Gasteiger partial charge in [-0.2, -0.15) is 5.10 Å². The van der Waals surface area contributed by atoms with Gasteiger partial charge in [0.15, 0.2) is 0 Å². The van der Waals surface area contributed by atoms with Gasteiger partial charge in [-0.05, 0) is 48.9 Å². The second kappa shape index (κ2) is 12.4. The molecule has 0 aliphatic carbocycles. The zero-order valence-corrected chi connectivity index (χ0v) is 26.9. The fourth-order valence-electron chi connectivity index (χ4n) is 4.59. The monoisotopic (exact) mass is 604 g/mol. The minimum absolute atomic E-state index is 0.111. The number of pyridine rings is 1. The number of hydrogen-bond acceptors (Lipinski definition) is 5. The van der Waals surface area contributed by atoms with Crippen LogP contribution in [0.2, 0.25) is 0 Å². The molecule has 0 spiro atoms. The number of nitrogens with zero attached hydrogens (tertiary/aromatic N) is 3. The molecule has 5 rings (SSSR count). The molecule has 0 unspecified atom stereocenters. The van der Waals surface area contributed by atoms with E-state index in [1.807, 2.05) is 100 Å². The van der Waals surface area contributed by atoms with Gasteiger partial charge >= 0.3 is 6.03 Å². The summed E-state index contributed by atoms with van der Waals surface area (Å²) in [4.78, 5) is 30.0. The molecule has 9 heteroatoms. The third-order valence-electron chi connectivity index (χ3n) is 7.27. The van der Waals surface area contributed by atoms with Crippen LogP contribution in [0.4, 0.5) is 22.1 Å². The Morgan fingerprint density at radius 1 is 0.822 bits per heavy atom. The minimum atomic E-state index is -0.530. The molecule has 0 radical (unpaired) electrons. The standard InChI is InChI=1S/C36H40N6O3/c1-23-12-14-25(15-13-23)42-32(21-30(41-42)35(2,3)4)40-34(44)38-28-16-17-29(27-11-9-8-10-26(27)28)45-22-24-18-19-37-31(20-24)39-33(43)36(5,6)7/h8-21H,22H2,1-7H3,(H,37,39,43)(H2,38,40,44). The number of carbonyl (C=O) groups excluding carboxylic acids is 2. The Kier molecular flexibility index (Phi) is 8.64. The molecule has 9 nitrogen and oxygen atoms in total. The van der Waals surface area contributed by atoms with Crippen molar-refractivity contribution in [2.45, 2.75) is 60.5 Å². The van der Waals surface area contributed by atoms with Gasteiger partial charge in [0.25, 0.3) is 0 Å². The fourth-order valence-corrected chi connectivity index (χ4v) is 4.59. The lowest BCUT2D eigenvalue weighted by atomic mass is 9.92. The van der Waals surface area contributed by atoms with E-state index in [0.29, 0.717) is 23.1 Å². The van der Waals surface area contributed by atoms with Crippen LogP contribution in [0.5, 0.6) is 5.75 Å². The summed E-state index contributed by atoms with van der Waals surface area (Å²) in [6.45, 7) is 14.1. The first-order valence-electron chi connectivity index (χ1n) is 14.9. The largest absolute Gasteiger partial charge is 0.488 e. The molecule has 5 aromatic rings. The number of benzene rings is 3. The molecular weight excluding hydrogens is 564 g/mol. The molecule has 3 aromatic carbocycles. The smallest absolute Gasteiger partial charge is 0.324 e. The van der Waals surface area contributed by atoms with E-state index in [4.69, 9.17) is 9.84 Å². The molecule has 2 heterocycles. The number of aromatic nitrogens is 3. The molecule has 0 atom stereocenters. The average molecular weight is 605 g/mol. The third-order valence-corrected chi connectivity index (χ3v) is 7.27. The van der Waals surface area contributed by atoms with Crippen LogP contribution in [0, 0.1) is 12.3 Å². The SMILES string of the molecule is Cc1ccc(-n2nc(C(C)(C)C)cc2NC(=O)Nc2ccc(OCc3ccnc(NC(=O)C(C)(C)C)c3)c3ccccc23)cc1. The molecule has 0 saturated carbocycles. The molecule has 45 heavy (non-hydrogen) atoms. The minimum Gasteiger partial charge on any atom is -0.488 e. The Hall–Kier alpha value is -5.18. The van der Waals surface area contributed by atoms with E-state index in [2.05, 4.69) is 41.7 Å². The average Bonchev–Trinajstić information content (AvgIpc) is 3.41. The number of carbonyl (C=O) groups is 2. The van der Waals surface area contributed by atoms with Gasteiger partial charge in [-0.25, -0.2) is 14.5 Å². The van der Waals surface area contributed by atoms with E-state index < -0.39 is 5.41 Å². The van der Waals surface area contributed by atoms with Crippen LogP contribution in [-0.4, -0.2) is 26.7 Å². The molecule has 0 aliphatic heterocycles. The Bertz CT molecular complexity index is 1850. The number of hydrogen-bond donors (Lipinski definition) is 3. The number of urea groups is 1. The van der Waals surface area contributed by atoms with Crippen molar-refractivity contribution in [1.82, 2.24) is 14.8 Å². The normalized spacial score (nSPS) is 11.7. The Morgan fingerprint density at radius 3 is 2.22 bits per heavy atom. The summed E-state index contributed by atoms with van der Waals surface area (Å²) in [6.07, 6.45) is 1.65. The van der Waals surface area contributed by atoms with Crippen molar-refractivity contribution in [3.05, 3.63) is 102 Å². The molecule has 3 N–H and O–H groups in total. The summed E-state index contributed by atoms with van der Waals surface area (Å²) in [5.74, 6) is 1.60. The van der Waals surface area contributed by atoms with Crippen LogP contribution >= 0.6 is 0 Å². The van der Waals surface area contributed by atoms with Crippen molar-refractivity contribution in [2.75, 3.05) is 16.0 Å². The van der Waals surface area contributed by atoms with Crippen molar-refractivity contribution in [2.24, 2.45) is 5.41 Å². The van der Waals surface area contributed by atoms with Crippen LogP contribution in [-0.2, 0) is 16.8 Å². The Labute approximate surface area is 264 Å². The van der Waals surface area contributed by atoms with Gasteiger partial charge in [-0.1, -0.05) is 83.5 Å². The Morgan fingerprint density at radius 2 is 1.53 bits per heavy atom. The van der Waals surface area contributed by atoms with E-state index in [1.54, 1.807) is 16.9 Å². The van der Waals surface area contributed by atoms with E-state index in [9.17, 15) is 9.59 Å². The first kappa shape index (κ1) is 31.3. The van der Waals surface area contributed by atoms with Gasteiger partial charge < -0.3 is 15.4 Å². The first-order valence-corrected chi connectivity index (χ1v) is 14.9. The van der Waals surface area contributed by atoms with Crippen LogP contribution < -0.4 is 20.7 Å². The predicted molar refractivity (Wildman–Crippen MR) is 180 cm³/mol. The fraction of sp³-hybridized carbons (Fsp3) is 0.278. The van der Waals surface area contributed by atoms with Crippen molar-refractivity contribution < 1.29 is 14.3 Å². The maximum absolute atomic E-state index is 13.4. The highest BCUT2D eigenvalue weighted by Gasteiger charge is 2.23. The van der Waals surface area contributed by atoms with Crippen molar-refractivity contribution in [3.63, 3.8) is 0 Å². The Balaban J connectivity index is 1.34. The lowest BCUT2D eigenvalue weighted by Gasteiger charge is -2.17. The molecule has 0 fully saturated rings. The maximum atomic E-state index is 13.4. The summed E-state index contributed by atoms with van der Waals surface area (Å²) in [6, 6.07) is 24.6. The number of amides is 3. The summed E-state index contributed by atoms with van der Waals surface area (Å²) >= 11 is 0. The molecule has 0 saturated heterocycles. The topological polar surface area (TPSA) is 110 Å². The predicted octanol–water partition coefficient (Wildman–Crippen LogP) is 8.23. The van der Waals surface area contributed by atoms with Gasteiger partial charge in [0.1, 0.15) is 24.0 Å². The van der Waals surface area contributed by atoms with Crippen molar-refractivity contribution in [1.29, 1.82) is 0 Å². The first-order chi connectivity index (χ1) is 21.3. The van der Waals surface area contributed by atoms with E-state index in [-0.39, 0.29) is 24.0 Å². The van der Waals surface area contributed by atoms with Crippen molar-refractivity contribution in [3.8, 4) is 11.4 Å². The van der Waals surface area contributed by atoms with Crippen molar-refractivity contribution >= 4 is 40.0 Å². The lowest BCUT2D eigenvalue weighted by Crippen LogP contribution is -2.28. The molecule has 0 bridgehead atoms. The zero-order valence-electron chi connectivity index (χ0n) is 26.9. The van der Waals surface area contributed by atoms with Gasteiger partial charge in [0.2, 0.25) is 5.91 Å². The number of ether oxygens (including phenoxy) is 1. The molecule has 0 aliphatic rings. The zero-order chi connectivity index (χ0) is 32.4. The van der Waals surface area contributed by atoms with E-state index >= 15 is 0 Å². The van der Waals surface area contributed by atoms with Crippen LogP contribution in [0.15, 0.2) is 85.1 Å². The summed E-state index contributed by atoms with van der Waals surface area (Å²) < 4.78 is 7.97. The second-order valence-electron chi connectivity index (χ2n) is 13.2. The summed E-state index contributed by atoms with van der Waals surface area (Å²) in [5, 5.41) is 15.4. The number of fused-ring (bicyclic) bond motifs is 1. The highest BCUT2D eigenvalue weighted by molar-refractivity contribution is 6.07. The highest BCUT2D eigenvalue weighted by Crippen LogP contribution is 2.33. The van der Waals surface area contributed by atoms with E-state index in [0.717, 1.165) is 33.3 Å². The van der Waals surface area contributed by atoms with Crippen LogP contribution in [0.25, 0.3) is 16.5 Å². The number of aryl methyl sites for hydroxylation is 1. The van der Waals surface area contributed by atoms with Gasteiger partial charge in [0, 0.05) is 33.9 Å².